The molecule has 0 saturated heterocycles. The summed E-state index contributed by atoms with van der Waals surface area (Å²) in [7, 11) is 0. The van der Waals surface area contributed by atoms with E-state index in [1.54, 1.807) is 0 Å². The fourth-order valence-corrected chi connectivity index (χ4v) is 2.56. The first kappa shape index (κ1) is 13.3. The predicted octanol–water partition coefficient (Wildman–Crippen LogP) is 2.46. The number of aromatic nitrogens is 1. The van der Waals surface area contributed by atoms with Crippen LogP contribution in [-0.4, -0.2) is 35.0 Å². The molecule has 0 radical (unpaired) electrons. The smallest absolute Gasteiger partial charge is 0.146 e. The first-order chi connectivity index (χ1) is 9.69. The normalized spacial score (nSPS) is 25.4. The van der Waals surface area contributed by atoms with Crippen molar-refractivity contribution in [2.75, 3.05) is 6.61 Å². The highest BCUT2D eigenvalue weighted by Crippen LogP contribution is 2.32. The Morgan fingerprint density at radius 1 is 1.30 bits per heavy atom. The second-order valence-corrected chi connectivity index (χ2v) is 5.16. The van der Waals surface area contributed by atoms with Gasteiger partial charge in [0.2, 0.25) is 0 Å². The highest BCUT2D eigenvalue weighted by atomic mass is 16.6. The SMILES string of the molecule is CCOC1C(O)CC1Oc1cccc2ccc(C)nc12. The Kier molecular flexibility index (Phi) is 3.59. The number of aliphatic hydroxyl groups is 1. The lowest BCUT2D eigenvalue weighted by atomic mass is 9.88. The lowest BCUT2D eigenvalue weighted by molar-refractivity contribution is -0.160. The summed E-state index contributed by atoms with van der Waals surface area (Å²) in [6.07, 6.45) is -0.157. The summed E-state index contributed by atoms with van der Waals surface area (Å²) in [6.45, 7) is 4.46. The lowest BCUT2D eigenvalue weighted by Crippen LogP contribution is -2.55. The minimum Gasteiger partial charge on any atom is -0.485 e. The molecule has 1 aromatic carbocycles. The molecule has 1 saturated carbocycles. The van der Waals surface area contributed by atoms with Crippen LogP contribution in [0.15, 0.2) is 30.3 Å². The summed E-state index contributed by atoms with van der Waals surface area (Å²) in [6, 6.07) is 9.93. The van der Waals surface area contributed by atoms with Gasteiger partial charge in [-0.15, -0.1) is 0 Å². The molecule has 3 atom stereocenters. The molecule has 3 unspecified atom stereocenters. The van der Waals surface area contributed by atoms with Crippen LogP contribution in [0.5, 0.6) is 5.75 Å². The van der Waals surface area contributed by atoms with Crippen LogP contribution in [0.25, 0.3) is 10.9 Å². The summed E-state index contributed by atoms with van der Waals surface area (Å²) in [5, 5.41) is 10.8. The molecule has 2 aromatic rings. The summed E-state index contributed by atoms with van der Waals surface area (Å²) < 4.78 is 11.5. The number of hydrogen-bond donors (Lipinski definition) is 1. The van der Waals surface area contributed by atoms with E-state index in [4.69, 9.17) is 9.47 Å². The van der Waals surface area contributed by atoms with Crippen LogP contribution in [0.3, 0.4) is 0 Å². The van der Waals surface area contributed by atoms with Crippen molar-refractivity contribution in [3.63, 3.8) is 0 Å². The quantitative estimate of drug-likeness (QED) is 0.929. The van der Waals surface area contributed by atoms with Gasteiger partial charge in [-0.05, 0) is 26.0 Å². The Balaban J connectivity index is 1.86. The zero-order valence-corrected chi connectivity index (χ0v) is 11.7. The topological polar surface area (TPSA) is 51.6 Å². The second kappa shape index (κ2) is 5.38. The fraction of sp³-hybridized carbons (Fsp3) is 0.438. The molecule has 0 amide bonds. The van der Waals surface area contributed by atoms with E-state index in [0.717, 1.165) is 22.3 Å². The van der Waals surface area contributed by atoms with Gasteiger partial charge in [0, 0.05) is 24.1 Å². The summed E-state index contributed by atoms with van der Waals surface area (Å²) >= 11 is 0. The van der Waals surface area contributed by atoms with E-state index in [-0.39, 0.29) is 12.2 Å². The molecule has 0 bridgehead atoms. The third kappa shape index (κ3) is 2.37. The highest BCUT2D eigenvalue weighted by molar-refractivity contribution is 5.84. The molecule has 1 heterocycles. The van der Waals surface area contributed by atoms with Gasteiger partial charge in [-0.2, -0.15) is 0 Å². The largest absolute Gasteiger partial charge is 0.485 e. The van der Waals surface area contributed by atoms with Gasteiger partial charge in [-0.25, -0.2) is 4.98 Å². The van der Waals surface area contributed by atoms with Crippen LogP contribution in [0, 0.1) is 6.92 Å². The number of nitrogens with zero attached hydrogens (tertiary/aromatic N) is 1. The van der Waals surface area contributed by atoms with Crippen molar-refractivity contribution < 1.29 is 14.6 Å². The maximum absolute atomic E-state index is 9.72. The molecule has 1 aliphatic rings. The first-order valence-electron chi connectivity index (χ1n) is 7.01. The van der Waals surface area contributed by atoms with Gasteiger partial charge in [0.05, 0.1) is 6.10 Å². The molecule has 20 heavy (non-hydrogen) atoms. The van der Waals surface area contributed by atoms with E-state index in [1.165, 1.54) is 0 Å². The van der Waals surface area contributed by atoms with Crippen molar-refractivity contribution in [2.45, 2.75) is 38.6 Å². The van der Waals surface area contributed by atoms with Gasteiger partial charge in [-0.1, -0.05) is 18.2 Å². The Morgan fingerprint density at radius 3 is 2.90 bits per heavy atom. The summed E-state index contributed by atoms with van der Waals surface area (Å²) in [5.41, 5.74) is 1.83. The Bertz CT molecular complexity index is 614. The zero-order valence-electron chi connectivity index (χ0n) is 11.7. The van der Waals surface area contributed by atoms with Crippen LogP contribution in [0.4, 0.5) is 0 Å². The van der Waals surface area contributed by atoms with Crippen LogP contribution in [0.1, 0.15) is 19.0 Å². The minimum atomic E-state index is -0.426. The number of benzene rings is 1. The maximum Gasteiger partial charge on any atom is 0.146 e. The summed E-state index contributed by atoms with van der Waals surface area (Å²) in [4.78, 5) is 4.55. The number of fused-ring (bicyclic) bond motifs is 1. The number of rotatable bonds is 4. The van der Waals surface area contributed by atoms with E-state index in [9.17, 15) is 5.11 Å². The van der Waals surface area contributed by atoms with Gasteiger partial charge in [0.1, 0.15) is 23.5 Å². The highest BCUT2D eigenvalue weighted by Gasteiger charge is 2.42. The van der Waals surface area contributed by atoms with E-state index >= 15 is 0 Å². The number of ether oxygens (including phenoxy) is 2. The lowest BCUT2D eigenvalue weighted by Gasteiger charge is -2.40. The molecule has 4 nitrogen and oxygen atoms in total. The molecular weight excluding hydrogens is 254 g/mol. The van der Waals surface area contributed by atoms with Gasteiger partial charge < -0.3 is 14.6 Å². The molecule has 106 valence electrons. The molecule has 0 aliphatic heterocycles. The Morgan fingerprint density at radius 2 is 2.15 bits per heavy atom. The molecule has 4 heteroatoms. The van der Waals surface area contributed by atoms with Crippen molar-refractivity contribution in [3.05, 3.63) is 36.0 Å². The van der Waals surface area contributed by atoms with E-state index in [1.807, 2.05) is 44.2 Å². The van der Waals surface area contributed by atoms with E-state index < -0.39 is 6.10 Å². The number of pyridine rings is 1. The molecule has 1 aromatic heterocycles. The monoisotopic (exact) mass is 273 g/mol. The molecule has 1 fully saturated rings. The standard InChI is InChI=1S/C16H19NO3/c1-3-19-16-12(18)9-14(16)20-13-6-4-5-11-8-7-10(2)17-15(11)13/h4-8,12,14,16,18H,3,9H2,1-2H3. The number of aliphatic hydroxyl groups excluding tert-OH is 1. The third-order valence-electron chi connectivity index (χ3n) is 3.68. The van der Waals surface area contributed by atoms with Crippen LogP contribution in [-0.2, 0) is 4.74 Å². The molecule has 1 N–H and O–H groups in total. The van der Waals surface area contributed by atoms with Crippen molar-refractivity contribution in [2.24, 2.45) is 0 Å². The summed E-state index contributed by atoms with van der Waals surface area (Å²) in [5.74, 6) is 0.757. The predicted molar refractivity (Wildman–Crippen MR) is 76.9 cm³/mol. The van der Waals surface area contributed by atoms with Crippen LogP contribution < -0.4 is 4.74 Å². The molecular formula is C16H19NO3. The van der Waals surface area contributed by atoms with Crippen molar-refractivity contribution in [1.29, 1.82) is 0 Å². The molecule has 3 rings (SSSR count). The first-order valence-corrected chi connectivity index (χ1v) is 7.01. The average Bonchev–Trinajstić information content (AvgIpc) is 2.45. The average molecular weight is 273 g/mol. The Labute approximate surface area is 118 Å². The third-order valence-corrected chi connectivity index (χ3v) is 3.68. The molecule has 0 spiro atoms. The Hall–Kier alpha value is -1.65. The minimum absolute atomic E-state index is 0.0992. The van der Waals surface area contributed by atoms with Crippen LogP contribution >= 0.6 is 0 Å². The second-order valence-electron chi connectivity index (χ2n) is 5.16. The van der Waals surface area contributed by atoms with Gasteiger partial charge in [0.15, 0.2) is 0 Å². The number of aryl methyl sites for hydroxylation is 1. The number of hydrogen-bond acceptors (Lipinski definition) is 4. The van der Waals surface area contributed by atoms with Gasteiger partial charge in [-0.3, -0.25) is 0 Å². The van der Waals surface area contributed by atoms with Crippen LogP contribution in [0.2, 0.25) is 0 Å². The zero-order chi connectivity index (χ0) is 14.1. The molecule has 1 aliphatic carbocycles. The fourth-order valence-electron chi connectivity index (χ4n) is 2.56. The van der Waals surface area contributed by atoms with Crippen molar-refractivity contribution in [3.8, 4) is 5.75 Å². The number of para-hydroxylation sites is 1. The van der Waals surface area contributed by atoms with Crippen molar-refractivity contribution in [1.82, 2.24) is 4.98 Å². The maximum atomic E-state index is 9.72. The van der Waals surface area contributed by atoms with E-state index in [0.29, 0.717) is 13.0 Å². The van der Waals surface area contributed by atoms with E-state index in [2.05, 4.69) is 4.98 Å². The van der Waals surface area contributed by atoms with Gasteiger partial charge in [0.25, 0.3) is 0 Å². The van der Waals surface area contributed by atoms with Crippen molar-refractivity contribution >= 4 is 10.9 Å². The van der Waals surface area contributed by atoms with Gasteiger partial charge >= 0.3 is 0 Å².